The predicted molar refractivity (Wildman–Crippen MR) is 69.7 cm³/mol. The monoisotopic (exact) mass is 227 g/mol. The lowest BCUT2D eigenvalue weighted by molar-refractivity contribution is 0.0730. The van der Waals surface area contributed by atoms with Crippen LogP contribution in [0, 0.1) is 11.8 Å². The van der Waals surface area contributed by atoms with Crippen molar-refractivity contribution in [2.45, 2.75) is 65.5 Å². The maximum Gasteiger partial charge on any atom is 0.0480 e. The first kappa shape index (κ1) is 14.0. The fraction of sp³-hybridized carbons (Fsp3) is 1.00. The molecular weight excluding hydrogens is 198 g/mol. The molecule has 1 heterocycles. The maximum absolute atomic E-state index is 5.40. The van der Waals surface area contributed by atoms with E-state index in [0.29, 0.717) is 12.1 Å². The Morgan fingerprint density at radius 1 is 1.00 bits per heavy atom. The highest BCUT2D eigenvalue weighted by Crippen LogP contribution is 2.16. The summed E-state index contributed by atoms with van der Waals surface area (Å²) >= 11 is 0. The van der Waals surface area contributed by atoms with Crippen molar-refractivity contribution in [1.29, 1.82) is 0 Å². The van der Waals surface area contributed by atoms with Crippen molar-refractivity contribution >= 4 is 0 Å². The normalized spacial score (nSPS) is 18.9. The molecule has 0 radical (unpaired) electrons. The molecule has 1 saturated heterocycles. The third kappa shape index (κ3) is 5.86. The third-order valence-electron chi connectivity index (χ3n) is 3.20. The molecule has 96 valence electrons. The summed E-state index contributed by atoms with van der Waals surface area (Å²) in [4.78, 5) is 0. The Bertz CT molecular complexity index is 164. The topological polar surface area (TPSA) is 21.3 Å². The van der Waals surface area contributed by atoms with Gasteiger partial charge in [0.05, 0.1) is 0 Å². The van der Waals surface area contributed by atoms with Gasteiger partial charge in [-0.1, -0.05) is 27.7 Å². The summed E-state index contributed by atoms with van der Waals surface area (Å²) in [5.41, 5.74) is 0. The largest absolute Gasteiger partial charge is 0.381 e. The van der Waals surface area contributed by atoms with Crippen molar-refractivity contribution < 1.29 is 4.74 Å². The molecule has 0 spiro atoms. The average molecular weight is 227 g/mol. The minimum absolute atomic E-state index is 0.691. The summed E-state index contributed by atoms with van der Waals surface area (Å²) in [5, 5.41) is 3.84. The van der Waals surface area contributed by atoms with Crippen LogP contribution in [0.2, 0.25) is 0 Å². The highest BCUT2D eigenvalue weighted by atomic mass is 16.5. The lowest BCUT2D eigenvalue weighted by Gasteiger charge is -2.30. The van der Waals surface area contributed by atoms with Gasteiger partial charge in [-0.25, -0.2) is 0 Å². The molecule has 1 rings (SSSR count). The molecule has 0 saturated carbocycles. The SMILES string of the molecule is CC(C)CC(CC(C)C)NC1CCOCC1. The Kier molecular flexibility index (Phi) is 6.37. The summed E-state index contributed by atoms with van der Waals surface area (Å²) in [6.45, 7) is 11.2. The molecule has 1 aliphatic heterocycles. The van der Waals surface area contributed by atoms with E-state index in [1.54, 1.807) is 0 Å². The summed E-state index contributed by atoms with van der Waals surface area (Å²) < 4.78 is 5.40. The van der Waals surface area contributed by atoms with E-state index in [0.717, 1.165) is 25.0 Å². The van der Waals surface area contributed by atoms with Crippen LogP contribution in [0.1, 0.15) is 53.4 Å². The second-order valence-electron chi connectivity index (χ2n) is 6.01. The fourth-order valence-electron chi connectivity index (χ4n) is 2.57. The molecule has 1 N–H and O–H groups in total. The summed E-state index contributed by atoms with van der Waals surface area (Å²) in [6.07, 6.45) is 4.98. The van der Waals surface area contributed by atoms with Gasteiger partial charge in [0, 0.05) is 25.3 Å². The number of hydrogen-bond donors (Lipinski definition) is 1. The van der Waals surface area contributed by atoms with Gasteiger partial charge >= 0.3 is 0 Å². The molecule has 1 fully saturated rings. The Morgan fingerprint density at radius 3 is 1.94 bits per heavy atom. The maximum atomic E-state index is 5.40. The first-order valence-electron chi connectivity index (χ1n) is 6.91. The van der Waals surface area contributed by atoms with Crippen LogP contribution in [0.15, 0.2) is 0 Å². The van der Waals surface area contributed by atoms with E-state index >= 15 is 0 Å². The van der Waals surface area contributed by atoms with Crippen molar-refractivity contribution in [3.05, 3.63) is 0 Å². The van der Waals surface area contributed by atoms with Crippen molar-refractivity contribution in [3.63, 3.8) is 0 Å². The van der Waals surface area contributed by atoms with Crippen molar-refractivity contribution in [2.24, 2.45) is 11.8 Å². The van der Waals surface area contributed by atoms with Gasteiger partial charge in [0.1, 0.15) is 0 Å². The van der Waals surface area contributed by atoms with E-state index in [-0.39, 0.29) is 0 Å². The molecule has 0 amide bonds. The minimum Gasteiger partial charge on any atom is -0.381 e. The van der Waals surface area contributed by atoms with Gasteiger partial charge < -0.3 is 10.1 Å². The first-order chi connectivity index (χ1) is 7.58. The van der Waals surface area contributed by atoms with Crippen LogP contribution in [0.4, 0.5) is 0 Å². The minimum atomic E-state index is 0.691. The van der Waals surface area contributed by atoms with Crippen LogP contribution in [0.25, 0.3) is 0 Å². The zero-order valence-corrected chi connectivity index (χ0v) is 11.5. The number of rotatable bonds is 6. The van der Waals surface area contributed by atoms with Gasteiger partial charge in [0.2, 0.25) is 0 Å². The summed E-state index contributed by atoms with van der Waals surface area (Å²) in [6, 6.07) is 1.39. The van der Waals surface area contributed by atoms with E-state index in [1.807, 2.05) is 0 Å². The fourth-order valence-corrected chi connectivity index (χ4v) is 2.57. The van der Waals surface area contributed by atoms with Crippen molar-refractivity contribution in [1.82, 2.24) is 5.32 Å². The lowest BCUT2D eigenvalue weighted by atomic mass is 9.94. The zero-order chi connectivity index (χ0) is 12.0. The molecule has 1 aliphatic rings. The molecule has 0 unspecified atom stereocenters. The molecule has 2 heteroatoms. The predicted octanol–water partition coefficient (Wildman–Crippen LogP) is 3.22. The Balaban J connectivity index is 2.35. The van der Waals surface area contributed by atoms with Crippen LogP contribution < -0.4 is 5.32 Å². The second kappa shape index (κ2) is 7.29. The average Bonchev–Trinajstić information content (AvgIpc) is 2.16. The van der Waals surface area contributed by atoms with Crippen LogP contribution in [0.3, 0.4) is 0 Å². The zero-order valence-electron chi connectivity index (χ0n) is 11.5. The lowest BCUT2D eigenvalue weighted by Crippen LogP contribution is -2.42. The number of ether oxygens (including phenoxy) is 1. The van der Waals surface area contributed by atoms with E-state index in [2.05, 4.69) is 33.0 Å². The van der Waals surface area contributed by atoms with Gasteiger partial charge in [-0.3, -0.25) is 0 Å². The van der Waals surface area contributed by atoms with E-state index in [4.69, 9.17) is 4.74 Å². The van der Waals surface area contributed by atoms with Crippen LogP contribution in [-0.4, -0.2) is 25.3 Å². The van der Waals surface area contributed by atoms with Crippen LogP contribution in [0.5, 0.6) is 0 Å². The first-order valence-corrected chi connectivity index (χ1v) is 6.91. The molecule has 2 nitrogen and oxygen atoms in total. The molecule has 0 aromatic heterocycles. The highest BCUT2D eigenvalue weighted by molar-refractivity contribution is 4.78. The van der Waals surface area contributed by atoms with Gasteiger partial charge in [0.15, 0.2) is 0 Å². The van der Waals surface area contributed by atoms with E-state index < -0.39 is 0 Å². The van der Waals surface area contributed by atoms with Gasteiger partial charge in [-0.15, -0.1) is 0 Å². The van der Waals surface area contributed by atoms with Gasteiger partial charge in [-0.2, -0.15) is 0 Å². The quantitative estimate of drug-likeness (QED) is 0.752. The highest BCUT2D eigenvalue weighted by Gasteiger charge is 2.19. The van der Waals surface area contributed by atoms with Gasteiger partial charge in [0.25, 0.3) is 0 Å². The summed E-state index contributed by atoms with van der Waals surface area (Å²) in [7, 11) is 0. The second-order valence-corrected chi connectivity index (χ2v) is 6.01. The third-order valence-corrected chi connectivity index (χ3v) is 3.20. The van der Waals surface area contributed by atoms with E-state index in [1.165, 1.54) is 25.7 Å². The van der Waals surface area contributed by atoms with Crippen LogP contribution in [-0.2, 0) is 4.74 Å². The van der Waals surface area contributed by atoms with E-state index in [9.17, 15) is 0 Å². The Hall–Kier alpha value is -0.0800. The number of hydrogen-bond acceptors (Lipinski definition) is 2. The molecule has 0 aromatic rings. The van der Waals surface area contributed by atoms with Crippen LogP contribution >= 0.6 is 0 Å². The molecule has 0 aliphatic carbocycles. The molecule has 0 aromatic carbocycles. The summed E-state index contributed by atoms with van der Waals surface area (Å²) in [5.74, 6) is 1.58. The Labute approximate surface area is 101 Å². The van der Waals surface area contributed by atoms with Gasteiger partial charge in [-0.05, 0) is 37.5 Å². The van der Waals surface area contributed by atoms with Crippen molar-refractivity contribution in [2.75, 3.05) is 13.2 Å². The smallest absolute Gasteiger partial charge is 0.0480 e. The number of nitrogens with one attached hydrogen (secondary N) is 1. The molecule has 0 atom stereocenters. The Morgan fingerprint density at radius 2 is 1.50 bits per heavy atom. The standard InChI is InChI=1S/C14H29NO/c1-11(2)9-14(10-12(3)4)15-13-5-7-16-8-6-13/h11-15H,5-10H2,1-4H3. The van der Waals surface area contributed by atoms with Crippen molar-refractivity contribution in [3.8, 4) is 0 Å². The molecular formula is C14H29NO. The molecule has 0 bridgehead atoms. The molecule has 16 heavy (non-hydrogen) atoms.